The number of likely N-dealkylation sites (N-methyl/N-ethyl adjacent to an activating group) is 1. The van der Waals surface area contributed by atoms with E-state index < -0.39 is 11.9 Å². The van der Waals surface area contributed by atoms with E-state index >= 15 is 0 Å². The average molecular weight is 276 g/mol. The van der Waals surface area contributed by atoms with Crippen LogP contribution in [0.25, 0.3) is 0 Å². The molecule has 1 amide bonds. The molecule has 19 heavy (non-hydrogen) atoms. The van der Waals surface area contributed by atoms with E-state index in [1.807, 2.05) is 0 Å². The third kappa shape index (κ3) is 4.72. The smallest absolute Gasteiger partial charge is 0.352 e. The van der Waals surface area contributed by atoms with Crippen LogP contribution in [0, 0.1) is 0 Å². The van der Waals surface area contributed by atoms with Gasteiger partial charge in [0.05, 0.1) is 6.54 Å². The van der Waals surface area contributed by atoms with Gasteiger partial charge < -0.3 is 10.2 Å². The van der Waals surface area contributed by atoms with E-state index in [9.17, 15) is 18.0 Å². The summed E-state index contributed by atoms with van der Waals surface area (Å²) in [6.07, 6.45) is -3.51. The van der Waals surface area contributed by atoms with Crippen LogP contribution in [0.5, 0.6) is 0 Å². The molecule has 0 saturated carbocycles. The molecule has 0 radical (unpaired) electrons. The number of rotatable bonds is 4. The van der Waals surface area contributed by atoms with Gasteiger partial charge in [-0.05, 0) is 19.9 Å². The Morgan fingerprint density at radius 2 is 2.11 bits per heavy atom. The first-order chi connectivity index (χ1) is 8.70. The van der Waals surface area contributed by atoms with Gasteiger partial charge in [0.15, 0.2) is 0 Å². The standard InChI is InChI=1S/C11H15F3N4O/c1-7(2)16-9(19)6-18(3)10-15-5-4-8(17-10)11(12,13)14/h4-5,7H,6H2,1-3H3,(H,16,19). The van der Waals surface area contributed by atoms with Gasteiger partial charge in [-0.1, -0.05) is 0 Å². The zero-order chi connectivity index (χ0) is 14.6. The van der Waals surface area contributed by atoms with Crippen molar-refractivity contribution in [2.45, 2.75) is 26.1 Å². The van der Waals surface area contributed by atoms with Crippen molar-refractivity contribution >= 4 is 11.9 Å². The number of nitrogens with one attached hydrogen (secondary N) is 1. The number of anilines is 1. The Morgan fingerprint density at radius 1 is 1.47 bits per heavy atom. The van der Waals surface area contributed by atoms with Gasteiger partial charge in [-0.15, -0.1) is 0 Å². The highest BCUT2D eigenvalue weighted by atomic mass is 19.4. The van der Waals surface area contributed by atoms with Crippen molar-refractivity contribution in [3.63, 3.8) is 0 Å². The van der Waals surface area contributed by atoms with Crippen molar-refractivity contribution in [3.05, 3.63) is 18.0 Å². The predicted molar refractivity (Wildman–Crippen MR) is 63.6 cm³/mol. The lowest BCUT2D eigenvalue weighted by Crippen LogP contribution is -2.39. The van der Waals surface area contributed by atoms with Crippen LogP contribution in [0.2, 0.25) is 0 Å². The van der Waals surface area contributed by atoms with Gasteiger partial charge in [0.2, 0.25) is 11.9 Å². The molecule has 0 aliphatic heterocycles. The van der Waals surface area contributed by atoms with Gasteiger partial charge in [0, 0.05) is 19.3 Å². The van der Waals surface area contributed by atoms with Crippen LogP contribution in [-0.2, 0) is 11.0 Å². The van der Waals surface area contributed by atoms with Gasteiger partial charge in [-0.3, -0.25) is 4.79 Å². The first-order valence-corrected chi connectivity index (χ1v) is 5.61. The molecule has 1 N–H and O–H groups in total. The highest BCUT2D eigenvalue weighted by Crippen LogP contribution is 2.27. The Morgan fingerprint density at radius 3 is 2.63 bits per heavy atom. The van der Waals surface area contributed by atoms with E-state index in [-0.39, 0.29) is 24.4 Å². The van der Waals surface area contributed by atoms with Crippen LogP contribution in [0.1, 0.15) is 19.5 Å². The van der Waals surface area contributed by atoms with Crippen LogP contribution in [-0.4, -0.2) is 35.5 Å². The van der Waals surface area contributed by atoms with Gasteiger partial charge >= 0.3 is 6.18 Å². The molecule has 0 spiro atoms. The topological polar surface area (TPSA) is 58.1 Å². The molecule has 106 valence electrons. The molecule has 0 saturated heterocycles. The Bertz CT molecular complexity index is 448. The normalized spacial score (nSPS) is 11.5. The summed E-state index contributed by atoms with van der Waals surface area (Å²) in [6.45, 7) is 3.47. The molecule has 1 aromatic heterocycles. The fourth-order valence-corrected chi connectivity index (χ4v) is 1.34. The van der Waals surface area contributed by atoms with Crippen LogP contribution in [0.4, 0.5) is 19.1 Å². The molecule has 0 aliphatic rings. The average Bonchev–Trinajstić information content (AvgIpc) is 2.26. The minimum Gasteiger partial charge on any atom is -0.352 e. The molecule has 5 nitrogen and oxygen atoms in total. The second-order valence-corrected chi connectivity index (χ2v) is 4.32. The van der Waals surface area contributed by atoms with Crippen molar-refractivity contribution in [3.8, 4) is 0 Å². The van der Waals surface area contributed by atoms with Crippen molar-refractivity contribution < 1.29 is 18.0 Å². The van der Waals surface area contributed by atoms with E-state index in [2.05, 4.69) is 15.3 Å². The Kier molecular flexibility index (Phi) is 4.68. The molecule has 0 unspecified atom stereocenters. The molecule has 1 heterocycles. The van der Waals surface area contributed by atoms with Gasteiger partial charge in [0.1, 0.15) is 5.69 Å². The SMILES string of the molecule is CC(C)NC(=O)CN(C)c1nccc(C(F)(F)F)n1. The summed E-state index contributed by atoms with van der Waals surface area (Å²) >= 11 is 0. The number of amides is 1. The maximum absolute atomic E-state index is 12.5. The number of carbonyl (C=O) groups excluding carboxylic acids is 1. The summed E-state index contributed by atoms with van der Waals surface area (Å²) < 4.78 is 37.4. The summed E-state index contributed by atoms with van der Waals surface area (Å²) in [7, 11) is 1.45. The first-order valence-electron chi connectivity index (χ1n) is 5.61. The lowest BCUT2D eigenvalue weighted by molar-refractivity contribution is -0.141. The quantitative estimate of drug-likeness (QED) is 0.904. The fourth-order valence-electron chi connectivity index (χ4n) is 1.34. The Hall–Kier alpha value is -1.86. The van der Waals surface area contributed by atoms with Crippen LogP contribution < -0.4 is 10.2 Å². The van der Waals surface area contributed by atoms with Gasteiger partial charge in [-0.25, -0.2) is 9.97 Å². The second-order valence-electron chi connectivity index (χ2n) is 4.32. The number of alkyl halides is 3. The summed E-state index contributed by atoms with van der Waals surface area (Å²) in [5.74, 6) is -0.452. The molecule has 0 aromatic carbocycles. The summed E-state index contributed by atoms with van der Waals surface area (Å²) in [4.78, 5) is 19.9. The lowest BCUT2D eigenvalue weighted by atomic mass is 10.4. The number of hydrogen-bond donors (Lipinski definition) is 1. The predicted octanol–water partition coefficient (Wildman–Crippen LogP) is 1.46. The summed E-state index contributed by atoms with van der Waals surface area (Å²) in [5.41, 5.74) is -1.03. The van der Waals surface area contributed by atoms with Crippen LogP contribution >= 0.6 is 0 Å². The van der Waals surface area contributed by atoms with E-state index in [4.69, 9.17) is 0 Å². The maximum atomic E-state index is 12.5. The molecular formula is C11H15F3N4O. The first kappa shape index (κ1) is 15.2. The monoisotopic (exact) mass is 276 g/mol. The molecule has 1 rings (SSSR count). The number of halogens is 3. The van der Waals surface area contributed by atoms with Crippen molar-refractivity contribution in [1.29, 1.82) is 0 Å². The minimum atomic E-state index is -4.53. The maximum Gasteiger partial charge on any atom is 0.433 e. The number of hydrogen-bond acceptors (Lipinski definition) is 4. The summed E-state index contributed by atoms with van der Waals surface area (Å²) in [6, 6.07) is 0.745. The van der Waals surface area contributed by atoms with Crippen LogP contribution in [0.3, 0.4) is 0 Å². The second kappa shape index (κ2) is 5.85. The zero-order valence-corrected chi connectivity index (χ0v) is 10.8. The number of aromatic nitrogens is 2. The molecule has 0 bridgehead atoms. The third-order valence-corrected chi connectivity index (χ3v) is 2.11. The fraction of sp³-hybridized carbons (Fsp3) is 0.545. The Labute approximate surface area is 108 Å². The van der Waals surface area contributed by atoms with Gasteiger partial charge in [-0.2, -0.15) is 13.2 Å². The third-order valence-electron chi connectivity index (χ3n) is 2.11. The van der Waals surface area contributed by atoms with Crippen molar-refractivity contribution in [2.24, 2.45) is 0 Å². The molecule has 0 aliphatic carbocycles. The van der Waals surface area contributed by atoms with E-state index in [1.54, 1.807) is 13.8 Å². The van der Waals surface area contributed by atoms with Crippen molar-refractivity contribution in [1.82, 2.24) is 15.3 Å². The molecular weight excluding hydrogens is 261 g/mol. The van der Waals surface area contributed by atoms with Crippen LogP contribution in [0.15, 0.2) is 12.3 Å². The minimum absolute atomic E-state index is 0.0386. The Balaban J connectivity index is 2.77. The van der Waals surface area contributed by atoms with E-state index in [1.165, 1.54) is 11.9 Å². The summed E-state index contributed by atoms with van der Waals surface area (Å²) in [5, 5.41) is 2.63. The lowest BCUT2D eigenvalue weighted by Gasteiger charge is -2.18. The number of nitrogens with zero attached hydrogens (tertiary/aromatic N) is 3. The van der Waals surface area contributed by atoms with E-state index in [0.717, 1.165) is 12.3 Å². The van der Waals surface area contributed by atoms with E-state index in [0.29, 0.717) is 0 Å². The zero-order valence-electron chi connectivity index (χ0n) is 10.8. The highest BCUT2D eigenvalue weighted by Gasteiger charge is 2.33. The van der Waals surface area contributed by atoms with Gasteiger partial charge in [0.25, 0.3) is 0 Å². The largest absolute Gasteiger partial charge is 0.433 e. The highest BCUT2D eigenvalue weighted by molar-refractivity contribution is 5.80. The number of carbonyl (C=O) groups is 1. The molecule has 0 fully saturated rings. The molecule has 0 atom stereocenters. The van der Waals surface area contributed by atoms with Crippen molar-refractivity contribution in [2.75, 3.05) is 18.5 Å². The molecule has 8 heteroatoms. The molecule has 1 aromatic rings.